The van der Waals surface area contributed by atoms with Gasteiger partial charge in [-0.3, -0.25) is 0 Å². The topological polar surface area (TPSA) is 24.0 Å². The molecule has 5 rings (SSSR count). The van der Waals surface area contributed by atoms with Crippen LogP contribution in [-0.2, 0) is 25.9 Å². The van der Waals surface area contributed by atoms with Gasteiger partial charge in [0, 0.05) is 55.4 Å². The molecule has 0 amide bonds. The first-order valence-electron chi connectivity index (χ1n) is 8.65. The van der Waals surface area contributed by atoms with Crippen molar-refractivity contribution >= 4 is 10.9 Å². The lowest BCUT2D eigenvalue weighted by Crippen LogP contribution is -2.28. The summed E-state index contributed by atoms with van der Waals surface area (Å²) in [5.41, 5.74) is 9.06. The van der Waals surface area contributed by atoms with Crippen LogP contribution in [0.4, 0.5) is 0 Å². The fourth-order valence-electron chi connectivity index (χ4n) is 4.69. The molecule has 1 aromatic carbocycles. The number of fused-ring (bicyclic) bond motifs is 3. The Morgan fingerprint density at radius 3 is 3.00 bits per heavy atom. The van der Waals surface area contributed by atoms with Crippen LogP contribution in [0.2, 0.25) is 0 Å². The van der Waals surface area contributed by atoms with Crippen molar-refractivity contribution in [1.82, 2.24) is 14.5 Å². The predicted molar refractivity (Wildman–Crippen MR) is 94.0 cm³/mol. The quantitative estimate of drug-likeness (QED) is 0.729. The van der Waals surface area contributed by atoms with E-state index in [9.17, 15) is 0 Å². The molecular formula is C20H23N3. The summed E-state index contributed by atoms with van der Waals surface area (Å²) in [6.45, 7) is 5.64. The average molecular weight is 305 g/mol. The molecule has 118 valence electrons. The largest absolute Gasteiger partial charge is 0.367 e. The maximum absolute atomic E-state index is 3.23. The number of aryl methyl sites for hydroxylation is 1. The van der Waals surface area contributed by atoms with Crippen LogP contribution in [0.5, 0.6) is 0 Å². The second kappa shape index (κ2) is 4.75. The summed E-state index contributed by atoms with van der Waals surface area (Å²) in [5.74, 6) is 0.593. The van der Waals surface area contributed by atoms with Crippen molar-refractivity contribution in [3.8, 4) is 0 Å². The van der Waals surface area contributed by atoms with Gasteiger partial charge in [0.15, 0.2) is 0 Å². The summed E-state index contributed by atoms with van der Waals surface area (Å²) in [6.07, 6.45) is 6.57. The molecule has 0 radical (unpaired) electrons. The Morgan fingerprint density at radius 1 is 1.26 bits per heavy atom. The summed E-state index contributed by atoms with van der Waals surface area (Å²) in [4.78, 5) is 5.69. The number of aromatic nitrogens is 2. The number of hydrogen-bond donors (Lipinski definition) is 1. The van der Waals surface area contributed by atoms with Crippen LogP contribution in [0.25, 0.3) is 10.9 Å². The number of nitrogens with one attached hydrogen (secondary N) is 1. The van der Waals surface area contributed by atoms with Crippen molar-refractivity contribution in [2.24, 2.45) is 0 Å². The van der Waals surface area contributed by atoms with E-state index in [1.807, 2.05) is 0 Å². The Hall–Kier alpha value is -2.00. The number of aromatic amines is 1. The highest BCUT2D eigenvalue weighted by Crippen LogP contribution is 2.40. The van der Waals surface area contributed by atoms with Crippen LogP contribution in [-0.4, -0.2) is 28.0 Å². The van der Waals surface area contributed by atoms with Gasteiger partial charge in [-0.25, -0.2) is 0 Å². The minimum Gasteiger partial charge on any atom is -0.367 e. The zero-order chi connectivity index (χ0) is 15.6. The standard InChI is InChI=1S/C20H23N3/c1-13-7-15-9-16(14-3-5-21-10-14)11-23-19-4-6-22(2)12-18(19)17(8-13)20(15)23/h3,5,7-8,10,16,21H,4,6,9,11-12H2,1-2H3. The van der Waals surface area contributed by atoms with Gasteiger partial charge in [-0.2, -0.15) is 0 Å². The zero-order valence-electron chi connectivity index (χ0n) is 13.9. The maximum atomic E-state index is 3.23. The average Bonchev–Trinajstić information content (AvgIpc) is 3.15. The van der Waals surface area contributed by atoms with Gasteiger partial charge in [0.25, 0.3) is 0 Å². The van der Waals surface area contributed by atoms with Gasteiger partial charge in [0.2, 0.25) is 0 Å². The van der Waals surface area contributed by atoms with E-state index in [1.54, 1.807) is 11.3 Å². The van der Waals surface area contributed by atoms with Crippen LogP contribution in [0.15, 0.2) is 30.6 Å². The van der Waals surface area contributed by atoms with Crippen molar-refractivity contribution in [1.29, 1.82) is 0 Å². The Bertz CT molecular complexity index is 886. The van der Waals surface area contributed by atoms with Gasteiger partial charge in [-0.15, -0.1) is 0 Å². The molecule has 0 saturated carbocycles. The van der Waals surface area contributed by atoms with Crippen LogP contribution >= 0.6 is 0 Å². The van der Waals surface area contributed by atoms with Crippen molar-refractivity contribution in [3.63, 3.8) is 0 Å². The molecule has 2 aliphatic heterocycles. The molecule has 3 aromatic rings. The lowest BCUT2D eigenvalue weighted by atomic mass is 9.89. The van der Waals surface area contributed by atoms with E-state index in [-0.39, 0.29) is 0 Å². The number of rotatable bonds is 1. The summed E-state index contributed by atoms with van der Waals surface area (Å²) < 4.78 is 2.65. The monoisotopic (exact) mass is 305 g/mol. The summed E-state index contributed by atoms with van der Waals surface area (Å²) in [5, 5.41) is 1.51. The van der Waals surface area contributed by atoms with Crippen molar-refractivity contribution in [2.45, 2.75) is 38.8 Å². The second-order valence-corrected chi connectivity index (χ2v) is 7.39. The number of likely N-dealkylation sites (N-methyl/N-ethyl adjacent to an activating group) is 1. The molecule has 2 aromatic heterocycles. The highest BCUT2D eigenvalue weighted by Gasteiger charge is 2.29. The summed E-state index contributed by atoms with van der Waals surface area (Å²) >= 11 is 0. The fraction of sp³-hybridized carbons (Fsp3) is 0.400. The molecule has 3 heteroatoms. The Morgan fingerprint density at radius 2 is 2.17 bits per heavy atom. The molecule has 0 spiro atoms. The third-order valence-electron chi connectivity index (χ3n) is 5.72. The van der Waals surface area contributed by atoms with Gasteiger partial charge in [-0.1, -0.05) is 11.6 Å². The van der Waals surface area contributed by atoms with E-state index in [0.717, 1.165) is 19.5 Å². The molecule has 23 heavy (non-hydrogen) atoms. The lowest BCUT2D eigenvalue weighted by Gasteiger charge is -2.28. The maximum Gasteiger partial charge on any atom is 0.0519 e. The molecule has 0 aliphatic carbocycles. The van der Waals surface area contributed by atoms with E-state index in [1.165, 1.54) is 40.6 Å². The van der Waals surface area contributed by atoms with Gasteiger partial charge < -0.3 is 14.5 Å². The molecule has 3 nitrogen and oxygen atoms in total. The minimum atomic E-state index is 0.593. The third-order valence-corrected chi connectivity index (χ3v) is 5.72. The molecule has 1 unspecified atom stereocenters. The third kappa shape index (κ3) is 1.93. The molecule has 1 atom stereocenters. The Balaban J connectivity index is 1.74. The number of nitrogens with zero attached hydrogens (tertiary/aromatic N) is 2. The second-order valence-electron chi connectivity index (χ2n) is 7.39. The fourth-order valence-corrected chi connectivity index (χ4v) is 4.69. The molecular weight excluding hydrogens is 282 g/mol. The Labute approximate surface area is 136 Å². The van der Waals surface area contributed by atoms with Crippen LogP contribution < -0.4 is 0 Å². The van der Waals surface area contributed by atoms with Crippen LogP contribution in [0.3, 0.4) is 0 Å². The summed E-state index contributed by atoms with van der Waals surface area (Å²) in [6, 6.07) is 7.06. The summed E-state index contributed by atoms with van der Waals surface area (Å²) in [7, 11) is 2.24. The van der Waals surface area contributed by atoms with Gasteiger partial charge >= 0.3 is 0 Å². The molecule has 4 heterocycles. The molecule has 1 N–H and O–H groups in total. The predicted octanol–water partition coefficient (Wildman–Crippen LogP) is 3.61. The molecule has 0 fully saturated rings. The van der Waals surface area contributed by atoms with Crippen LogP contribution in [0, 0.1) is 6.92 Å². The highest BCUT2D eigenvalue weighted by atomic mass is 15.1. The zero-order valence-corrected chi connectivity index (χ0v) is 13.9. The Kier molecular flexibility index (Phi) is 2.77. The van der Waals surface area contributed by atoms with E-state index >= 15 is 0 Å². The van der Waals surface area contributed by atoms with Crippen molar-refractivity contribution < 1.29 is 0 Å². The highest BCUT2D eigenvalue weighted by molar-refractivity contribution is 5.90. The number of H-pyrrole nitrogens is 1. The minimum absolute atomic E-state index is 0.593. The first kappa shape index (κ1) is 13.4. The normalized spacial score (nSPS) is 20.9. The smallest absolute Gasteiger partial charge is 0.0519 e. The lowest BCUT2D eigenvalue weighted by molar-refractivity contribution is 0.308. The van der Waals surface area contributed by atoms with Crippen molar-refractivity contribution in [2.75, 3.05) is 13.6 Å². The van der Waals surface area contributed by atoms with Gasteiger partial charge in [-0.05, 0) is 49.2 Å². The van der Waals surface area contributed by atoms with Crippen LogP contribution in [0.1, 0.15) is 33.9 Å². The van der Waals surface area contributed by atoms with Crippen molar-refractivity contribution in [3.05, 3.63) is 58.5 Å². The van der Waals surface area contributed by atoms with Gasteiger partial charge in [0.1, 0.15) is 0 Å². The molecule has 2 aliphatic rings. The first-order valence-corrected chi connectivity index (χ1v) is 8.65. The van der Waals surface area contributed by atoms with E-state index in [0.29, 0.717) is 5.92 Å². The van der Waals surface area contributed by atoms with E-state index in [4.69, 9.17) is 0 Å². The number of benzene rings is 1. The number of hydrogen-bond acceptors (Lipinski definition) is 1. The molecule has 0 bridgehead atoms. The first-order chi connectivity index (χ1) is 11.2. The van der Waals surface area contributed by atoms with Gasteiger partial charge in [0.05, 0.1) is 5.52 Å². The SMILES string of the molecule is Cc1cc2c3c(c1)c1c(n3CC(c3cc[nH]c3)C2)CCN(C)C1. The van der Waals surface area contributed by atoms with E-state index < -0.39 is 0 Å². The van der Waals surface area contributed by atoms with E-state index in [2.05, 4.69) is 59.0 Å². The molecule has 0 saturated heterocycles.